The summed E-state index contributed by atoms with van der Waals surface area (Å²) in [4.78, 5) is 14.7. The van der Waals surface area contributed by atoms with E-state index < -0.39 is 0 Å². The van der Waals surface area contributed by atoms with Crippen LogP contribution in [-0.4, -0.2) is 22.7 Å². The number of halogens is 2. The van der Waals surface area contributed by atoms with Crippen LogP contribution in [0, 0.1) is 6.92 Å². The van der Waals surface area contributed by atoms with Crippen LogP contribution in [0.25, 0.3) is 0 Å². The molecule has 2 aromatic rings. The standard InChI is InChI=1S/C17H17Br2NO/c1-13-7-8-16(19)15(11-13)17(21)20(10-9-18)12-14-5-3-2-4-6-14/h2-8,11H,9-10,12H2,1H3. The third-order valence-corrected chi connectivity index (χ3v) is 4.26. The summed E-state index contributed by atoms with van der Waals surface area (Å²) >= 11 is 6.91. The number of carbonyl (C=O) groups is 1. The zero-order valence-electron chi connectivity index (χ0n) is 11.9. The normalized spacial score (nSPS) is 10.4. The third-order valence-electron chi connectivity index (χ3n) is 3.21. The van der Waals surface area contributed by atoms with Crippen molar-refractivity contribution in [1.29, 1.82) is 0 Å². The summed E-state index contributed by atoms with van der Waals surface area (Å²) in [6, 6.07) is 15.9. The van der Waals surface area contributed by atoms with Crippen molar-refractivity contribution in [2.45, 2.75) is 13.5 Å². The lowest BCUT2D eigenvalue weighted by Crippen LogP contribution is -2.32. The Balaban J connectivity index is 2.25. The molecule has 0 N–H and O–H groups in total. The monoisotopic (exact) mass is 409 g/mol. The van der Waals surface area contributed by atoms with Crippen molar-refractivity contribution in [3.8, 4) is 0 Å². The maximum atomic E-state index is 12.8. The summed E-state index contributed by atoms with van der Waals surface area (Å²) in [5.41, 5.74) is 2.93. The molecule has 2 aromatic carbocycles. The smallest absolute Gasteiger partial charge is 0.255 e. The molecule has 2 rings (SSSR count). The van der Waals surface area contributed by atoms with Crippen LogP contribution in [0.5, 0.6) is 0 Å². The molecule has 0 unspecified atom stereocenters. The van der Waals surface area contributed by atoms with E-state index in [9.17, 15) is 4.79 Å². The van der Waals surface area contributed by atoms with Gasteiger partial charge in [0.15, 0.2) is 0 Å². The summed E-state index contributed by atoms with van der Waals surface area (Å²) in [5, 5.41) is 0.759. The number of hydrogen-bond acceptors (Lipinski definition) is 1. The van der Waals surface area contributed by atoms with Crippen molar-refractivity contribution < 1.29 is 4.79 Å². The van der Waals surface area contributed by atoms with Gasteiger partial charge in [0, 0.05) is 22.9 Å². The van der Waals surface area contributed by atoms with Gasteiger partial charge in [-0.3, -0.25) is 4.79 Å². The Morgan fingerprint density at radius 1 is 1.14 bits per heavy atom. The van der Waals surface area contributed by atoms with Crippen LogP contribution >= 0.6 is 31.9 Å². The fourth-order valence-corrected chi connectivity index (χ4v) is 2.98. The first-order chi connectivity index (χ1) is 10.1. The molecule has 4 heteroatoms. The Morgan fingerprint density at radius 2 is 1.86 bits per heavy atom. The summed E-state index contributed by atoms with van der Waals surface area (Å²) in [6.07, 6.45) is 0. The summed E-state index contributed by atoms with van der Waals surface area (Å²) < 4.78 is 0.839. The van der Waals surface area contributed by atoms with E-state index in [1.807, 2.05) is 60.4 Å². The molecule has 110 valence electrons. The molecule has 0 aliphatic rings. The zero-order valence-corrected chi connectivity index (χ0v) is 15.0. The fraction of sp³-hybridized carbons (Fsp3) is 0.235. The number of aryl methyl sites for hydroxylation is 1. The van der Waals surface area contributed by atoms with Crippen molar-refractivity contribution in [3.63, 3.8) is 0 Å². The number of nitrogens with zero attached hydrogens (tertiary/aromatic N) is 1. The van der Waals surface area contributed by atoms with E-state index in [0.29, 0.717) is 18.7 Å². The molecule has 0 heterocycles. The minimum Gasteiger partial charge on any atom is -0.333 e. The first kappa shape index (κ1) is 16.2. The first-order valence-electron chi connectivity index (χ1n) is 6.77. The Bertz CT molecular complexity index is 613. The lowest BCUT2D eigenvalue weighted by molar-refractivity contribution is 0.0753. The minimum atomic E-state index is 0.0499. The largest absolute Gasteiger partial charge is 0.333 e. The van der Waals surface area contributed by atoms with Crippen LogP contribution in [0.15, 0.2) is 53.0 Å². The van der Waals surface area contributed by atoms with E-state index >= 15 is 0 Å². The first-order valence-corrected chi connectivity index (χ1v) is 8.68. The average Bonchev–Trinajstić information content (AvgIpc) is 2.49. The highest BCUT2D eigenvalue weighted by Gasteiger charge is 2.18. The van der Waals surface area contributed by atoms with Gasteiger partial charge in [0.05, 0.1) is 5.56 Å². The molecule has 0 saturated heterocycles. The number of amides is 1. The second kappa shape index (κ2) is 7.76. The Kier molecular flexibility index (Phi) is 6.00. The molecular weight excluding hydrogens is 394 g/mol. The van der Waals surface area contributed by atoms with Crippen LogP contribution in [0.1, 0.15) is 21.5 Å². The van der Waals surface area contributed by atoms with Crippen LogP contribution in [0.2, 0.25) is 0 Å². The topological polar surface area (TPSA) is 20.3 Å². The van der Waals surface area contributed by atoms with Gasteiger partial charge in [-0.25, -0.2) is 0 Å². The molecule has 0 bridgehead atoms. The van der Waals surface area contributed by atoms with E-state index in [2.05, 4.69) is 31.9 Å². The summed E-state index contributed by atoms with van der Waals surface area (Å²) in [6.45, 7) is 3.29. The second-order valence-electron chi connectivity index (χ2n) is 4.88. The highest BCUT2D eigenvalue weighted by Crippen LogP contribution is 2.21. The Labute approximate surface area is 142 Å². The van der Waals surface area contributed by atoms with Crippen molar-refractivity contribution in [2.75, 3.05) is 11.9 Å². The molecule has 1 amide bonds. The Morgan fingerprint density at radius 3 is 2.52 bits per heavy atom. The van der Waals surface area contributed by atoms with Gasteiger partial charge in [-0.1, -0.05) is 57.9 Å². The second-order valence-corrected chi connectivity index (χ2v) is 6.53. The maximum absolute atomic E-state index is 12.8. The van der Waals surface area contributed by atoms with Crippen LogP contribution in [-0.2, 0) is 6.54 Å². The highest BCUT2D eigenvalue weighted by molar-refractivity contribution is 9.10. The molecule has 0 spiro atoms. The number of hydrogen-bond donors (Lipinski definition) is 0. The van der Waals surface area contributed by atoms with Crippen molar-refractivity contribution >= 4 is 37.8 Å². The average molecular weight is 411 g/mol. The van der Waals surface area contributed by atoms with E-state index in [1.165, 1.54) is 0 Å². The quantitative estimate of drug-likeness (QED) is 0.648. The SMILES string of the molecule is Cc1ccc(Br)c(C(=O)N(CCBr)Cc2ccccc2)c1. The summed E-state index contributed by atoms with van der Waals surface area (Å²) in [7, 11) is 0. The van der Waals surface area contributed by atoms with Crippen molar-refractivity contribution in [3.05, 3.63) is 69.7 Å². The van der Waals surface area contributed by atoms with Crippen LogP contribution < -0.4 is 0 Å². The molecule has 0 atom stereocenters. The predicted octanol–water partition coefficient (Wildman–Crippen LogP) is 4.79. The number of benzene rings is 2. The lowest BCUT2D eigenvalue weighted by atomic mass is 10.1. The number of alkyl halides is 1. The van der Waals surface area contributed by atoms with Crippen molar-refractivity contribution in [2.24, 2.45) is 0 Å². The lowest BCUT2D eigenvalue weighted by Gasteiger charge is -2.23. The molecular formula is C17H17Br2NO. The van der Waals surface area contributed by atoms with Crippen LogP contribution in [0.3, 0.4) is 0 Å². The van der Waals surface area contributed by atoms with Gasteiger partial charge in [0.25, 0.3) is 5.91 Å². The predicted molar refractivity (Wildman–Crippen MR) is 93.9 cm³/mol. The van der Waals surface area contributed by atoms with Gasteiger partial charge in [0.1, 0.15) is 0 Å². The molecule has 0 fully saturated rings. The summed E-state index contributed by atoms with van der Waals surface area (Å²) in [5.74, 6) is 0.0499. The van der Waals surface area contributed by atoms with Gasteiger partial charge in [0.2, 0.25) is 0 Å². The van der Waals surface area contributed by atoms with Gasteiger partial charge >= 0.3 is 0 Å². The molecule has 2 nitrogen and oxygen atoms in total. The van der Waals surface area contributed by atoms with Gasteiger partial charge < -0.3 is 4.90 Å². The number of carbonyl (C=O) groups excluding carboxylic acids is 1. The zero-order chi connectivity index (χ0) is 15.2. The van der Waals surface area contributed by atoms with Gasteiger partial charge in [-0.15, -0.1) is 0 Å². The molecule has 21 heavy (non-hydrogen) atoms. The van der Waals surface area contributed by atoms with E-state index in [4.69, 9.17) is 0 Å². The fourth-order valence-electron chi connectivity index (χ4n) is 2.13. The van der Waals surface area contributed by atoms with Crippen LogP contribution in [0.4, 0.5) is 0 Å². The number of rotatable bonds is 5. The molecule has 0 aliphatic carbocycles. The molecule has 0 radical (unpaired) electrons. The Hall–Kier alpha value is -1.13. The third kappa shape index (κ3) is 4.42. The molecule has 0 aromatic heterocycles. The molecule has 0 aliphatic heterocycles. The van der Waals surface area contributed by atoms with Gasteiger partial charge in [-0.2, -0.15) is 0 Å². The van der Waals surface area contributed by atoms with Crippen molar-refractivity contribution in [1.82, 2.24) is 4.90 Å². The van der Waals surface area contributed by atoms with E-state index in [1.54, 1.807) is 0 Å². The van der Waals surface area contributed by atoms with E-state index in [-0.39, 0.29) is 5.91 Å². The highest BCUT2D eigenvalue weighted by atomic mass is 79.9. The maximum Gasteiger partial charge on any atom is 0.255 e. The molecule has 0 saturated carbocycles. The van der Waals surface area contributed by atoms with Gasteiger partial charge in [-0.05, 0) is 40.5 Å². The minimum absolute atomic E-state index is 0.0499. The van der Waals surface area contributed by atoms with E-state index in [0.717, 1.165) is 20.9 Å².